The second-order valence-corrected chi connectivity index (χ2v) is 9.60. The van der Waals surface area contributed by atoms with Crippen LogP contribution < -0.4 is 0 Å². The predicted octanol–water partition coefficient (Wildman–Crippen LogP) is 3.24. The molecule has 1 unspecified atom stereocenters. The van der Waals surface area contributed by atoms with Crippen LogP contribution in [0, 0.1) is 5.92 Å². The number of hydrogen-bond donors (Lipinski definition) is 1. The van der Waals surface area contributed by atoms with E-state index in [0.717, 1.165) is 20.5 Å². The van der Waals surface area contributed by atoms with Crippen molar-refractivity contribution < 1.29 is 18.3 Å². The third-order valence-corrected chi connectivity index (χ3v) is 8.13. The van der Waals surface area contributed by atoms with E-state index in [1.165, 1.54) is 32.1 Å². The lowest BCUT2D eigenvalue weighted by Gasteiger charge is -2.22. The maximum Gasteiger partial charge on any atom is 0.322 e. The minimum atomic E-state index is -3.66. The minimum absolute atomic E-state index is 0.206. The molecule has 1 atom stereocenters. The SMILES string of the molecule is CCC(C(=O)O)N1Cc2sc(CC3CCCCC3)cc2S1(=O)=O. The summed E-state index contributed by atoms with van der Waals surface area (Å²) in [6.07, 6.45) is 7.57. The normalized spacial score (nSPS) is 22.8. The van der Waals surface area contributed by atoms with E-state index in [1.807, 2.05) is 0 Å². The van der Waals surface area contributed by atoms with Crippen molar-refractivity contribution in [2.45, 2.75) is 69.4 Å². The third-order valence-electron chi connectivity index (χ3n) is 4.94. The zero-order valence-corrected chi connectivity index (χ0v) is 15.0. The van der Waals surface area contributed by atoms with Crippen LogP contribution in [0.4, 0.5) is 0 Å². The second-order valence-electron chi connectivity index (χ2n) is 6.52. The number of fused-ring (bicyclic) bond motifs is 1. The van der Waals surface area contributed by atoms with Gasteiger partial charge in [0.2, 0.25) is 10.0 Å². The Kier molecular flexibility index (Phi) is 4.80. The molecule has 1 aliphatic carbocycles. The van der Waals surface area contributed by atoms with Gasteiger partial charge in [0, 0.05) is 9.75 Å². The number of rotatable bonds is 5. The quantitative estimate of drug-likeness (QED) is 0.878. The van der Waals surface area contributed by atoms with E-state index >= 15 is 0 Å². The van der Waals surface area contributed by atoms with Crippen LogP contribution in [0.1, 0.15) is 55.2 Å². The van der Waals surface area contributed by atoms with Crippen molar-refractivity contribution in [2.75, 3.05) is 0 Å². The zero-order chi connectivity index (χ0) is 16.6. The van der Waals surface area contributed by atoms with Crippen LogP contribution in [0.25, 0.3) is 0 Å². The Morgan fingerprint density at radius 1 is 1.39 bits per heavy atom. The van der Waals surface area contributed by atoms with Crippen molar-refractivity contribution in [3.8, 4) is 0 Å². The Bertz CT molecular complexity index is 689. The van der Waals surface area contributed by atoms with E-state index < -0.39 is 22.0 Å². The van der Waals surface area contributed by atoms with Gasteiger partial charge in [-0.15, -0.1) is 11.3 Å². The first-order valence-corrected chi connectivity index (χ1v) is 10.6. The highest BCUT2D eigenvalue weighted by molar-refractivity contribution is 7.89. The summed E-state index contributed by atoms with van der Waals surface area (Å²) < 4.78 is 26.5. The summed E-state index contributed by atoms with van der Waals surface area (Å²) in [6, 6.07) is 0.819. The molecule has 0 saturated heterocycles. The third kappa shape index (κ3) is 3.19. The first-order chi connectivity index (χ1) is 10.9. The van der Waals surface area contributed by atoms with E-state index in [-0.39, 0.29) is 13.0 Å². The van der Waals surface area contributed by atoms with Crippen LogP contribution in [0.2, 0.25) is 0 Å². The fourth-order valence-corrected chi connectivity index (χ4v) is 7.24. The monoisotopic (exact) mass is 357 g/mol. The first-order valence-electron chi connectivity index (χ1n) is 8.29. The van der Waals surface area contributed by atoms with E-state index in [4.69, 9.17) is 0 Å². The van der Waals surface area contributed by atoms with Crippen LogP contribution in [0.3, 0.4) is 0 Å². The molecule has 2 heterocycles. The number of carboxylic acid groups (broad SMARTS) is 1. The van der Waals surface area contributed by atoms with Crippen LogP contribution in [-0.4, -0.2) is 29.8 Å². The van der Waals surface area contributed by atoms with Crippen molar-refractivity contribution in [1.82, 2.24) is 4.31 Å². The molecule has 1 fully saturated rings. The number of hydrogen-bond acceptors (Lipinski definition) is 4. The van der Waals surface area contributed by atoms with Crippen molar-refractivity contribution in [2.24, 2.45) is 5.92 Å². The maximum atomic E-state index is 12.7. The molecule has 23 heavy (non-hydrogen) atoms. The van der Waals surface area contributed by atoms with E-state index in [1.54, 1.807) is 24.3 Å². The van der Waals surface area contributed by atoms with E-state index in [0.29, 0.717) is 10.8 Å². The van der Waals surface area contributed by atoms with Gasteiger partial charge in [0.1, 0.15) is 6.04 Å². The van der Waals surface area contributed by atoms with Crippen LogP contribution in [0.15, 0.2) is 11.0 Å². The molecular formula is C16H23NO4S2. The molecule has 0 spiro atoms. The lowest BCUT2D eigenvalue weighted by molar-refractivity contribution is -0.141. The minimum Gasteiger partial charge on any atom is -0.480 e. The molecule has 3 rings (SSSR count). The summed E-state index contributed by atoms with van der Waals surface area (Å²) in [6.45, 7) is 1.91. The number of aliphatic carboxylic acids is 1. The first kappa shape index (κ1) is 16.9. The Hall–Kier alpha value is -0.920. The summed E-state index contributed by atoms with van der Waals surface area (Å²) >= 11 is 1.55. The molecule has 128 valence electrons. The van der Waals surface area contributed by atoms with Gasteiger partial charge in [-0.3, -0.25) is 4.79 Å². The molecule has 0 aromatic carbocycles. The predicted molar refractivity (Wildman–Crippen MR) is 89.0 cm³/mol. The maximum absolute atomic E-state index is 12.7. The van der Waals surface area contributed by atoms with Crippen LogP contribution in [-0.2, 0) is 27.8 Å². The molecule has 0 bridgehead atoms. The highest BCUT2D eigenvalue weighted by Crippen LogP contribution is 2.40. The second kappa shape index (κ2) is 6.53. The molecule has 1 aromatic heterocycles. The van der Waals surface area contributed by atoms with Crippen molar-refractivity contribution >= 4 is 27.3 Å². The summed E-state index contributed by atoms with van der Waals surface area (Å²) in [5.41, 5.74) is 0. The van der Waals surface area contributed by atoms with Gasteiger partial charge in [-0.25, -0.2) is 8.42 Å². The van der Waals surface area contributed by atoms with Crippen LogP contribution in [0.5, 0.6) is 0 Å². The van der Waals surface area contributed by atoms with Crippen molar-refractivity contribution in [3.05, 3.63) is 15.8 Å². The van der Waals surface area contributed by atoms with Gasteiger partial charge in [-0.2, -0.15) is 4.31 Å². The smallest absolute Gasteiger partial charge is 0.322 e. The van der Waals surface area contributed by atoms with Gasteiger partial charge < -0.3 is 5.11 Å². The van der Waals surface area contributed by atoms with Crippen molar-refractivity contribution in [3.63, 3.8) is 0 Å². The van der Waals surface area contributed by atoms with Gasteiger partial charge in [0.25, 0.3) is 0 Å². The standard InChI is InChI=1S/C16H23NO4S2/c1-2-13(16(18)19)17-10-14-15(23(17,20)21)9-12(22-14)8-11-6-4-3-5-7-11/h9,11,13H,2-8,10H2,1H3,(H,18,19). The Morgan fingerprint density at radius 2 is 2.09 bits per heavy atom. The topological polar surface area (TPSA) is 74.7 Å². The van der Waals surface area contributed by atoms with Crippen LogP contribution >= 0.6 is 11.3 Å². The number of thiophene rings is 1. The average Bonchev–Trinajstić information content (AvgIpc) is 3.00. The molecule has 1 aromatic rings. The molecule has 2 aliphatic rings. The lowest BCUT2D eigenvalue weighted by Crippen LogP contribution is -2.40. The van der Waals surface area contributed by atoms with E-state index in [9.17, 15) is 18.3 Å². The average molecular weight is 357 g/mol. The Morgan fingerprint density at radius 3 is 2.65 bits per heavy atom. The Balaban J connectivity index is 1.79. The molecule has 0 radical (unpaired) electrons. The summed E-state index contributed by atoms with van der Waals surface area (Å²) in [5, 5.41) is 9.25. The molecule has 0 amide bonds. The number of carboxylic acids is 1. The number of sulfonamides is 1. The molecule has 1 saturated carbocycles. The highest BCUT2D eigenvalue weighted by Gasteiger charge is 2.42. The summed E-state index contributed by atoms with van der Waals surface area (Å²) in [7, 11) is -3.66. The summed E-state index contributed by atoms with van der Waals surface area (Å²) in [5.74, 6) is -0.405. The molecule has 1 N–H and O–H groups in total. The largest absolute Gasteiger partial charge is 0.480 e. The van der Waals surface area contributed by atoms with Crippen molar-refractivity contribution in [1.29, 1.82) is 0 Å². The van der Waals surface area contributed by atoms with Gasteiger partial charge in [0.15, 0.2) is 0 Å². The molecular weight excluding hydrogens is 334 g/mol. The zero-order valence-electron chi connectivity index (χ0n) is 13.3. The summed E-state index contributed by atoms with van der Waals surface area (Å²) in [4.78, 5) is 13.6. The number of nitrogens with zero attached hydrogens (tertiary/aromatic N) is 1. The number of carbonyl (C=O) groups is 1. The lowest BCUT2D eigenvalue weighted by atomic mass is 9.87. The fraction of sp³-hybridized carbons (Fsp3) is 0.688. The fourth-order valence-electron chi connectivity index (χ4n) is 3.70. The van der Waals surface area contributed by atoms with Gasteiger partial charge in [-0.05, 0) is 24.8 Å². The van der Waals surface area contributed by atoms with Gasteiger partial charge >= 0.3 is 5.97 Å². The van der Waals surface area contributed by atoms with Gasteiger partial charge in [-0.1, -0.05) is 39.0 Å². The molecule has 7 heteroatoms. The van der Waals surface area contributed by atoms with E-state index in [2.05, 4.69) is 0 Å². The Labute approximate surface area is 141 Å². The molecule has 5 nitrogen and oxygen atoms in total. The highest BCUT2D eigenvalue weighted by atomic mass is 32.2. The molecule has 1 aliphatic heterocycles. The van der Waals surface area contributed by atoms with Gasteiger partial charge in [0.05, 0.1) is 11.4 Å².